The number of aromatic nitrogens is 4. The minimum absolute atomic E-state index is 0.183. The number of ether oxygens (including phenoxy) is 4. The molecule has 16 heteroatoms. The molecule has 0 fully saturated rings. The third kappa shape index (κ3) is 8.03. The van der Waals surface area contributed by atoms with Crippen LogP contribution in [0, 0.1) is 13.8 Å². The van der Waals surface area contributed by atoms with Gasteiger partial charge in [-0.25, -0.2) is 0 Å². The molecule has 0 radical (unpaired) electrons. The van der Waals surface area contributed by atoms with Gasteiger partial charge in [0.2, 0.25) is 24.6 Å². The maximum Gasteiger partial charge on any atom is 0.262 e. The highest BCUT2D eigenvalue weighted by Crippen LogP contribution is 2.39. The van der Waals surface area contributed by atoms with E-state index in [1.165, 1.54) is 22.6 Å². The molecule has 60 heavy (non-hydrogen) atoms. The second kappa shape index (κ2) is 17.6. The molecular formula is C44H42N6O10. The van der Waals surface area contributed by atoms with Crippen molar-refractivity contribution in [1.82, 2.24) is 30.2 Å². The number of fused-ring (bicyclic) bond motifs is 2. The number of carbonyl (C=O) groups is 4. The van der Waals surface area contributed by atoms with Crippen LogP contribution in [0.3, 0.4) is 0 Å². The largest absolute Gasteiger partial charge is 0.493 e. The molecule has 2 aliphatic rings. The predicted molar refractivity (Wildman–Crippen MR) is 213 cm³/mol. The molecule has 308 valence electrons. The summed E-state index contributed by atoms with van der Waals surface area (Å²) < 4.78 is 32.7. The van der Waals surface area contributed by atoms with Gasteiger partial charge in [-0.1, -0.05) is 35.4 Å². The van der Waals surface area contributed by atoms with Crippen LogP contribution in [0.25, 0.3) is 0 Å². The van der Waals surface area contributed by atoms with Crippen LogP contribution in [-0.4, -0.2) is 81.3 Å². The fourth-order valence-corrected chi connectivity index (χ4v) is 7.27. The van der Waals surface area contributed by atoms with Crippen LogP contribution >= 0.6 is 0 Å². The van der Waals surface area contributed by atoms with Gasteiger partial charge in [-0.3, -0.25) is 29.0 Å². The number of carbonyl (C=O) groups excluding carboxylic acids is 4. The Kier molecular flexibility index (Phi) is 12.0. The quantitative estimate of drug-likeness (QED) is 0.105. The number of hydrogen-bond donors (Lipinski definition) is 0. The van der Waals surface area contributed by atoms with Crippen LogP contribution in [0.5, 0.6) is 23.0 Å². The van der Waals surface area contributed by atoms with Gasteiger partial charge in [-0.2, -0.15) is 0 Å². The van der Waals surface area contributed by atoms with Crippen LogP contribution in [0.1, 0.15) is 101 Å². The van der Waals surface area contributed by atoms with Crippen molar-refractivity contribution in [2.45, 2.75) is 52.6 Å². The Hall–Kier alpha value is -7.36. The van der Waals surface area contributed by atoms with E-state index in [-0.39, 0.29) is 36.5 Å². The van der Waals surface area contributed by atoms with E-state index in [1.807, 2.05) is 39.8 Å². The van der Waals surface area contributed by atoms with Gasteiger partial charge in [0.25, 0.3) is 23.6 Å². The Morgan fingerprint density at radius 2 is 0.933 bits per heavy atom. The fraction of sp³-hybridized carbons (Fsp3) is 0.273. The standard InChI is InChI=1S/2C22H21N3O5/c2*1-4-29-19-10-14(6-8-18(19)28-3)17(11-20-24-23-12-30-20)25-21(26)15-7-5-13(2)9-16(15)22(25)27/h2*5-10,12,17H,4,11H2,1-3H3. The summed E-state index contributed by atoms with van der Waals surface area (Å²) in [6.45, 7) is 8.40. The van der Waals surface area contributed by atoms with Gasteiger partial charge in [0, 0.05) is 0 Å². The molecule has 0 saturated heterocycles. The van der Waals surface area contributed by atoms with Crippen molar-refractivity contribution in [3.05, 3.63) is 142 Å². The molecule has 4 heterocycles. The summed E-state index contributed by atoms with van der Waals surface area (Å²) in [5.41, 5.74) is 4.79. The first-order chi connectivity index (χ1) is 29.1. The number of benzene rings is 4. The van der Waals surface area contributed by atoms with Crippen molar-refractivity contribution in [2.75, 3.05) is 27.4 Å². The van der Waals surface area contributed by atoms with Gasteiger partial charge < -0.3 is 27.8 Å². The highest BCUT2D eigenvalue weighted by atomic mass is 16.5. The normalized spacial score (nSPS) is 14.0. The van der Waals surface area contributed by atoms with E-state index in [2.05, 4.69) is 20.4 Å². The first kappa shape index (κ1) is 40.8. The number of nitrogens with zero attached hydrogens (tertiary/aromatic N) is 6. The number of aryl methyl sites for hydroxylation is 2. The number of hydrogen-bond acceptors (Lipinski definition) is 14. The molecule has 0 saturated carbocycles. The van der Waals surface area contributed by atoms with E-state index < -0.39 is 12.1 Å². The lowest BCUT2D eigenvalue weighted by Crippen LogP contribution is -2.35. The van der Waals surface area contributed by atoms with Gasteiger partial charge in [0.1, 0.15) is 0 Å². The van der Waals surface area contributed by atoms with E-state index in [4.69, 9.17) is 27.8 Å². The topological polar surface area (TPSA) is 190 Å². The summed E-state index contributed by atoms with van der Waals surface area (Å²) >= 11 is 0. The van der Waals surface area contributed by atoms with Crippen molar-refractivity contribution in [3.63, 3.8) is 0 Å². The second-order valence-electron chi connectivity index (χ2n) is 13.9. The van der Waals surface area contributed by atoms with Crippen molar-refractivity contribution < 1.29 is 47.0 Å². The molecule has 0 spiro atoms. The number of imide groups is 2. The first-order valence-corrected chi connectivity index (χ1v) is 19.1. The Morgan fingerprint density at radius 1 is 0.533 bits per heavy atom. The minimum atomic E-state index is -0.650. The van der Waals surface area contributed by atoms with Crippen molar-refractivity contribution >= 4 is 23.6 Å². The van der Waals surface area contributed by atoms with E-state index in [0.29, 0.717) is 81.4 Å². The molecular weight excluding hydrogens is 773 g/mol. The smallest absolute Gasteiger partial charge is 0.262 e. The number of amides is 4. The van der Waals surface area contributed by atoms with Gasteiger partial charge in [-0.05, 0) is 87.4 Å². The predicted octanol–water partition coefficient (Wildman–Crippen LogP) is 6.73. The SMILES string of the molecule is CCOc1cc(C(Cc2nnco2)N2C(=O)c3ccc(C)cc3C2=O)ccc1OC.CCOc1cc(C(Cc2nnco2)N2C(=O)c3ccc(C)cc3C2=O)ccc1OC. The number of rotatable bonds is 14. The number of methoxy groups -OCH3 is 2. The van der Waals surface area contributed by atoms with Gasteiger partial charge >= 0.3 is 0 Å². The summed E-state index contributed by atoms with van der Waals surface area (Å²) in [6, 6.07) is 19.9. The lowest BCUT2D eigenvalue weighted by Gasteiger charge is -2.26. The van der Waals surface area contributed by atoms with Gasteiger partial charge in [0.15, 0.2) is 23.0 Å². The van der Waals surface area contributed by atoms with Crippen LogP contribution in [0.2, 0.25) is 0 Å². The second-order valence-corrected chi connectivity index (χ2v) is 13.9. The molecule has 16 nitrogen and oxygen atoms in total. The van der Waals surface area contributed by atoms with Crippen LogP contribution in [-0.2, 0) is 12.8 Å². The summed E-state index contributed by atoms with van der Waals surface area (Å²) in [6.07, 6.45) is 2.81. The zero-order chi connectivity index (χ0) is 42.5. The third-order valence-corrected chi connectivity index (χ3v) is 10.1. The summed E-state index contributed by atoms with van der Waals surface area (Å²) in [7, 11) is 3.11. The molecule has 6 aromatic rings. The van der Waals surface area contributed by atoms with E-state index in [9.17, 15) is 19.2 Å². The lowest BCUT2D eigenvalue weighted by molar-refractivity contribution is 0.0560. The van der Waals surface area contributed by atoms with E-state index in [0.717, 1.165) is 11.1 Å². The maximum absolute atomic E-state index is 13.2. The minimum Gasteiger partial charge on any atom is -0.493 e. The maximum atomic E-state index is 13.2. The van der Waals surface area contributed by atoms with Crippen LogP contribution < -0.4 is 18.9 Å². The Labute approximate surface area is 345 Å². The molecule has 8 rings (SSSR count). The zero-order valence-corrected chi connectivity index (χ0v) is 33.8. The molecule has 0 bridgehead atoms. The third-order valence-electron chi connectivity index (χ3n) is 10.1. The lowest BCUT2D eigenvalue weighted by atomic mass is 10.0. The summed E-state index contributed by atoms with van der Waals surface area (Å²) in [4.78, 5) is 55.3. The van der Waals surface area contributed by atoms with Crippen LogP contribution in [0.15, 0.2) is 94.4 Å². The molecule has 0 N–H and O–H groups in total. The highest BCUT2D eigenvalue weighted by Gasteiger charge is 2.43. The molecule has 2 unspecified atom stereocenters. The van der Waals surface area contributed by atoms with Crippen molar-refractivity contribution in [1.29, 1.82) is 0 Å². The fourth-order valence-electron chi connectivity index (χ4n) is 7.27. The molecule has 2 aliphatic heterocycles. The Bertz CT molecular complexity index is 2360. The molecule has 2 aromatic heterocycles. The summed E-state index contributed by atoms with van der Waals surface area (Å²) in [5.74, 6) is 1.42. The summed E-state index contributed by atoms with van der Waals surface area (Å²) in [5, 5.41) is 15.3. The van der Waals surface area contributed by atoms with Gasteiger partial charge in [-0.15, -0.1) is 20.4 Å². The first-order valence-electron chi connectivity index (χ1n) is 19.1. The average Bonchev–Trinajstić information content (AvgIpc) is 4.06. The molecule has 4 aromatic carbocycles. The van der Waals surface area contributed by atoms with Gasteiger partial charge in [0.05, 0.1) is 74.6 Å². The molecule has 2 atom stereocenters. The van der Waals surface area contributed by atoms with Crippen LogP contribution in [0.4, 0.5) is 0 Å². The molecule has 4 amide bonds. The van der Waals surface area contributed by atoms with E-state index in [1.54, 1.807) is 74.9 Å². The zero-order valence-electron chi connectivity index (χ0n) is 33.8. The molecule has 0 aliphatic carbocycles. The highest BCUT2D eigenvalue weighted by molar-refractivity contribution is 6.22. The van der Waals surface area contributed by atoms with Crippen molar-refractivity contribution in [2.24, 2.45) is 0 Å². The monoisotopic (exact) mass is 814 g/mol. The Morgan fingerprint density at radius 3 is 1.28 bits per heavy atom. The van der Waals surface area contributed by atoms with Crippen molar-refractivity contribution in [3.8, 4) is 23.0 Å². The average molecular weight is 815 g/mol. The van der Waals surface area contributed by atoms with E-state index >= 15 is 0 Å². The Balaban J connectivity index is 0.000000181.